The number of carbonyl (C=O) groups is 2. The molecule has 0 aromatic heterocycles. The molecule has 2 unspecified atom stereocenters. The number of rotatable bonds is 8. The Balaban J connectivity index is 3.96. The molecule has 5 nitrogen and oxygen atoms in total. The van der Waals surface area contributed by atoms with E-state index < -0.39 is 6.23 Å². The third-order valence-electron chi connectivity index (χ3n) is 2.38. The largest absolute Gasteiger partial charge is 0.371 e. The Labute approximate surface area is 103 Å². The summed E-state index contributed by atoms with van der Waals surface area (Å²) in [5.74, 6) is -0.671. The van der Waals surface area contributed by atoms with Gasteiger partial charge < -0.3 is 10.4 Å². The maximum atomic E-state index is 11.6. The van der Waals surface area contributed by atoms with Gasteiger partial charge in [-0.3, -0.25) is 14.9 Å². The van der Waals surface area contributed by atoms with Gasteiger partial charge in [-0.1, -0.05) is 20.3 Å². The lowest BCUT2D eigenvalue weighted by Gasteiger charge is -2.16. The molecule has 2 atom stereocenters. The topological polar surface area (TPSA) is 78.4 Å². The normalized spacial score (nSPS) is 14.5. The molecule has 0 saturated carbocycles. The van der Waals surface area contributed by atoms with Crippen molar-refractivity contribution in [1.29, 1.82) is 0 Å². The molecule has 0 spiro atoms. The van der Waals surface area contributed by atoms with Crippen molar-refractivity contribution in [2.45, 2.75) is 52.8 Å². The fraction of sp³-hybridized carbons (Fsp3) is 0.833. The van der Waals surface area contributed by atoms with Crippen molar-refractivity contribution < 1.29 is 14.7 Å². The molecule has 0 aromatic carbocycles. The molecule has 0 saturated heterocycles. The van der Waals surface area contributed by atoms with Crippen LogP contribution in [0, 0.1) is 5.92 Å². The smallest absolute Gasteiger partial charge is 0.234 e. The molecule has 5 heteroatoms. The molecule has 1 amide bonds. The molecular weight excluding hydrogens is 220 g/mol. The van der Waals surface area contributed by atoms with Crippen LogP contribution >= 0.6 is 0 Å². The molecule has 0 rings (SSSR count). The third kappa shape index (κ3) is 7.07. The Morgan fingerprint density at radius 2 is 1.82 bits per heavy atom. The average Bonchev–Trinajstić information content (AvgIpc) is 2.24. The van der Waals surface area contributed by atoms with Gasteiger partial charge in [-0.05, 0) is 20.3 Å². The van der Waals surface area contributed by atoms with Crippen molar-refractivity contribution in [3.05, 3.63) is 0 Å². The lowest BCUT2D eigenvalue weighted by molar-refractivity contribution is -0.133. The van der Waals surface area contributed by atoms with Crippen LogP contribution in [0.4, 0.5) is 0 Å². The number of amides is 1. The van der Waals surface area contributed by atoms with Gasteiger partial charge in [0.15, 0.2) is 12.0 Å². The Bertz CT molecular complexity index is 254. The minimum Gasteiger partial charge on any atom is -0.371 e. The van der Waals surface area contributed by atoms with Crippen LogP contribution in [0.25, 0.3) is 0 Å². The molecule has 0 aliphatic carbocycles. The SMILES string of the molecule is CCCC(C)C(=O)C(O)NCC(=O)NC(C)C. The van der Waals surface area contributed by atoms with Gasteiger partial charge in [-0.25, -0.2) is 0 Å². The summed E-state index contributed by atoms with van der Waals surface area (Å²) in [4.78, 5) is 22.9. The number of Topliss-reactive ketones (excluding diaryl/α,β-unsaturated/α-hetero) is 1. The lowest BCUT2D eigenvalue weighted by atomic mass is 10.00. The van der Waals surface area contributed by atoms with Gasteiger partial charge in [-0.2, -0.15) is 0 Å². The second-order valence-electron chi connectivity index (χ2n) is 4.60. The zero-order chi connectivity index (χ0) is 13.4. The van der Waals surface area contributed by atoms with Crippen LogP contribution < -0.4 is 10.6 Å². The standard InChI is InChI=1S/C12H24N2O3/c1-5-6-9(4)11(16)12(17)13-7-10(15)14-8(2)3/h8-9,12-13,17H,5-7H2,1-4H3,(H,14,15). The Morgan fingerprint density at radius 3 is 2.29 bits per heavy atom. The number of carbonyl (C=O) groups excluding carboxylic acids is 2. The first-order valence-electron chi connectivity index (χ1n) is 6.13. The summed E-state index contributed by atoms with van der Waals surface area (Å²) >= 11 is 0. The van der Waals surface area contributed by atoms with E-state index in [1.165, 1.54) is 0 Å². The molecule has 0 aliphatic rings. The molecule has 100 valence electrons. The van der Waals surface area contributed by atoms with Gasteiger partial charge in [0.25, 0.3) is 0 Å². The van der Waals surface area contributed by atoms with E-state index >= 15 is 0 Å². The van der Waals surface area contributed by atoms with Crippen molar-refractivity contribution >= 4 is 11.7 Å². The minimum absolute atomic E-state index is 0.0517. The molecule has 17 heavy (non-hydrogen) atoms. The zero-order valence-corrected chi connectivity index (χ0v) is 11.1. The molecule has 0 fully saturated rings. The Hall–Kier alpha value is -0.940. The number of hydrogen-bond acceptors (Lipinski definition) is 4. The van der Waals surface area contributed by atoms with E-state index in [4.69, 9.17) is 0 Å². The van der Waals surface area contributed by atoms with Crippen molar-refractivity contribution in [3.63, 3.8) is 0 Å². The molecule has 0 heterocycles. The highest BCUT2D eigenvalue weighted by atomic mass is 16.3. The van der Waals surface area contributed by atoms with Crippen molar-refractivity contribution in [3.8, 4) is 0 Å². The lowest BCUT2D eigenvalue weighted by Crippen LogP contribution is -2.45. The van der Waals surface area contributed by atoms with Gasteiger partial charge in [0.1, 0.15) is 0 Å². The van der Waals surface area contributed by atoms with E-state index in [9.17, 15) is 14.7 Å². The highest BCUT2D eigenvalue weighted by Crippen LogP contribution is 2.07. The van der Waals surface area contributed by atoms with Crippen molar-refractivity contribution in [2.75, 3.05) is 6.54 Å². The first-order valence-corrected chi connectivity index (χ1v) is 6.13. The highest BCUT2D eigenvalue weighted by Gasteiger charge is 2.21. The van der Waals surface area contributed by atoms with E-state index in [0.717, 1.165) is 12.8 Å². The quantitative estimate of drug-likeness (QED) is 0.541. The van der Waals surface area contributed by atoms with Gasteiger partial charge in [0.05, 0.1) is 6.54 Å². The van der Waals surface area contributed by atoms with Gasteiger partial charge in [-0.15, -0.1) is 0 Å². The van der Waals surface area contributed by atoms with Crippen LogP contribution in [0.2, 0.25) is 0 Å². The van der Waals surface area contributed by atoms with Crippen LogP contribution in [0.3, 0.4) is 0 Å². The van der Waals surface area contributed by atoms with Gasteiger partial charge in [0.2, 0.25) is 5.91 Å². The molecule has 0 bridgehead atoms. The summed E-state index contributed by atoms with van der Waals surface area (Å²) in [7, 11) is 0. The zero-order valence-electron chi connectivity index (χ0n) is 11.1. The minimum atomic E-state index is -1.26. The molecule has 0 aliphatic heterocycles. The summed E-state index contributed by atoms with van der Waals surface area (Å²) in [5.41, 5.74) is 0. The second-order valence-corrected chi connectivity index (χ2v) is 4.60. The Kier molecular flexibility index (Phi) is 7.74. The van der Waals surface area contributed by atoms with Crippen LogP contribution in [0.1, 0.15) is 40.5 Å². The molecule has 0 radical (unpaired) electrons. The number of ketones is 1. The number of aliphatic hydroxyl groups excluding tert-OH is 1. The second kappa shape index (κ2) is 8.20. The summed E-state index contributed by atoms with van der Waals surface area (Å²) in [5, 5.41) is 14.7. The van der Waals surface area contributed by atoms with Crippen molar-refractivity contribution in [1.82, 2.24) is 10.6 Å². The first-order chi connectivity index (χ1) is 7.88. The van der Waals surface area contributed by atoms with Gasteiger partial charge >= 0.3 is 0 Å². The maximum Gasteiger partial charge on any atom is 0.234 e. The number of aliphatic hydroxyl groups is 1. The van der Waals surface area contributed by atoms with E-state index in [2.05, 4.69) is 10.6 Å². The summed E-state index contributed by atoms with van der Waals surface area (Å²) < 4.78 is 0. The number of nitrogens with one attached hydrogen (secondary N) is 2. The fourth-order valence-electron chi connectivity index (χ4n) is 1.51. The van der Waals surface area contributed by atoms with E-state index in [0.29, 0.717) is 0 Å². The van der Waals surface area contributed by atoms with E-state index in [1.807, 2.05) is 20.8 Å². The fourth-order valence-corrected chi connectivity index (χ4v) is 1.51. The Morgan fingerprint density at radius 1 is 1.24 bits per heavy atom. The summed E-state index contributed by atoms with van der Waals surface area (Å²) in [6.45, 7) is 7.42. The van der Waals surface area contributed by atoms with E-state index in [-0.39, 0.29) is 30.2 Å². The maximum absolute atomic E-state index is 11.6. The van der Waals surface area contributed by atoms with E-state index in [1.54, 1.807) is 6.92 Å². The van der Waals surface area contributed by atoms with Gasteiger partial charge in [0, 0.05) is 12.0 Å². The summed E-state index contributed by atoms with van der Waals surface area (Å²) in [6, 6.07) is 0.0520. The van der Waals surface area contributed by atoms with Crippen molar-refractivity contribution in [2.24, 2.45) is 5.92 Å². The molecule has 0 aromatic rings. The van der Waals surface area contributed by atoms with Crippen LogP contribution in [0.15, 0.2) is 0 Å². The monoisotopic (exact) mass is 244 g/mol. The van der Waals surface area contributed by atoms with Crippen LogP contribution in [-0.4, -0.2) is 35.6 Å². The molecule has 3 N–H and O–H groups in total. The molecular formula is C12H24N2O3. The summed E-state index contributed by atoms with van der Waals surface area (Å²) in [6.07, 6.45) is 0.387. The number of hydrogen-bond donors (Lipinski definition) is 3. The first kappa shape index (κ1) is 16.1. The average molecular weight is 244 g/mol. The van der Waals surface area contributed by atoms with Crippen LogP contribution in [-0.2, 0) is 9.59 Å². The highest BCUT2D eigenvalue weighted by molar-refractivity contribution is 5.85. The predicted octanol–water partition coefficient (Wildman–Crippen LogP) is 0.424. The predicted molar refractivity (Wildman–Crippen MR) is 66.4 cm³/mol. The third-order valence-corrected chi connectivity index (χ3v) is 2.38. The van der Waals surface area contributed by atoms with Crippen LogP contribution in [0.5, 0.6) is 0 Å².